The van der Waals surface area contributed by atoms with Crippen LogP contribution in [0.1, 0.15) is 193 Å². The van der Waals surface area contributed by atoms with E-state index in [9.17, 15) is 0 Å². The second-order valence-corrected chi connectivity index (χ2v) is 17.4. The molecule has 0 amide bonds. The van der Waals surface area contributed by atoms with E-state index in [1.165, 1.54) is 173 Å². The van der Waals surface area contributed by atoms with E-state index in [1.54, 1.807) is 0 Å². The molecule has 302 valence electrons. The molecule has 0 heterocycles. The van der Waals surface area contributed by atoms with Gasteiger partial charge >= 0.3 is 0 Å². The molecule has 0 nitrogen and oxygen atoms in total. The molecule has 0 spiro atoms. The zero-order valence-corrected chi connectivity index (χ0v) is 36.4. The van der Waals surface area contributed by atoms with Crippen molar-refractivity contribution in [3.63, 3.8) is 0 Å². The van der Waals surface area contributed by atoms with Gasteiger partial charge in [0.1, 0.15) is 0 Å². The Bertz CT molecular complexity index is 1780. The molecule has 0 aromatic heterocycles. The van der Waals surface area contributed by atoms with Gasteiger partial charge in [-0.05, 0) is 154 Å². The number of benzene rings is 4. The van der Waals surface area contributed by atoms with Gasteiger partial charge < -0.3 is 0 Å². The predicted octanol–water partition coefficient (Wildman–Crippen LogP) is 15.9. The Balaban J connectivity index is 0.000000218. The zero-order chi connectivity index (χ0) is 39.9. The van der Waals surface area contributed by atoms with Crippen molar-refractivity contribution in [1.82, 2.24) is 0 Å². The Morgan fingerprint density at radius 3 is 1.16 bits per heavy atom. The van der Waals surface area contributed by atoms with Crippen molar-refractivity contribution in [2.75, 3.05) is 0 Å². The third-order valence-corrected chi connectivity index (χ3v) is 12.7. The van der Waals surface area contributed by atoms with E-state index in [-0.39, 0.29) is 0 Å². The van der Waals surface area contributed by atoms with Crippen molar-refractivity contribution in [3.05, 3.63) is 142 Å². The van der Waals surface area contributed by atoms with Crippen LogP contribution >= 0.6 is 0 Å². The van der Waals surface area contributed by atoms with Gasteiger partial charge in [-0.25, -0.2) is 0 Å². The monoisotopic (exact) mass is 759 g/mol. The first-order valence-electron chi connectivity index (χ1n) is 23.4. The van der Waals surface area contributed by atoms with Gasteiger partial charge in [0.25, 0.3) is 0 Å². The first kappa shape index (κ1) is 44.1. The Labute approximate surface area is 350 Å². The molecule has 4 aromatic carbocycles. The lowest BCUT2D eigenvalue weighted by Gasteiger charge is -2.26. The fraction of sp³-hybridized carbons (Fsp3) is 0.509. The second kappa shape index (κ2) is 25.4. The van der Waals surface area contributed by atoms with Crippen molar-refractivity contribution in [2.45, 2.75) is 174 Å². The van der Waals surface area contributed by atoms with Crippen molar-refractivity contribution >= 4 is 0 Å². The van der Waals surface area contributed by atoms with Crippen LogP contribution < -0.4 is 0 Å². The van der Waals surface area contributed by atoms with E-state index in [0.29, 0.717) is 11.8 Å². The van der Waals surface area contributed by atoms with Crippen LogP contribution in [-0.2, 0) is 19.3 Å². The summed E-state index contributed by atoms with van der Waals surface area (Å²) in [5.74, 6) is 16.6. The highest BCUT2D eigenvalue weighted by Gasteiger charge is 2.22. The number of hydrogen-bond donors (Lipinski definition) is 0. The molecule has 57 heavy (non-hydrogen) atoms. The molecule has 0 saturated heterocycles. The van der Waals surface area contributed by atoms with Crippen LogP contribution in [0.4, 0.5) is 0 Å². The van der Waals surface area contributed by atoms with Gasteiger partial charge in [0.05, 0.1) is 0 Å². The number of hydrogen-bond acceptors (Lipinski definition) is 0. The number of rotatable bonds is 15. The summed E-state index contributed by atoms with van der Waals surface area (Å²) in [7, 11) is 0. The highest BCUT2D eigenvalue weighted by Crippen LogP contribution is 2.37. The fourth-order valence-corrected chi connectivity index (χ4v) is 8.75. The van der Waals surface area contributed by atoms with E-state index in [4.69, 9.17) is 0 Å². The van der Waals surface area contributed by atoms with E-state index in [0.717, 1.165) is 18.3 Å². The molecular formula is C57H74. The van der Waals surface area contributed by atoms with Crippen molar-refractivity contribution < 1.29 is 0 Å². The third-order valence-electron chi connectivity index (χ3n) is 12.7. The van der Waals surface area contributed by atoms with E-state index >= 15 is 0 Å². The molecule has 0 atom stereocenters. The molecule has 2 aliphatic carbocycles. The topological polar surface area (TPSA) is 0 Å². The largest absolute Gasteiger partial charge is 0.0945 e. The lowest BCUT2D eigenvalue weighted by atomic mass is 9.79. The molecule has 0 bridgehead atoms. The van der Waals surface area contributed by atoms with Crippen LogP contribution in [0.3, 0.4) is 0 Å². The highest BCUT2D eigenvalue weighted by atomic mass is 14.3. The minimum atomic E-state index is 0.569. The van der Waals surface area contributed by atoms with E-state index < -0.39 is 0 Å². The van der Waals surface area contributed by atoms with Crippen LogP contribution in [0, 0.1) is 42.4 Å². The summed E-state index contributed by atoms with van der Waals surface area (Å²) >= 11 is 0. The summed E-state index contributed by atoms with van der Waals surface area (Å²) in [4.78, 5) is 0. The first-order valence-corrected chi connectivity index (χ1v) is 23.4. The van der Waals surface area contributed by atoms with Gasteiger partial charge in [-0.1, -0.05) is 174 Å². The summed E-state index contributed by atoms with van der Waals surface area (Å²) in [5.41, 5.74) is 11.1. The summed E-state index contributed by atoms with van der Waals surface area (Å²) in [6.45, 7) is 8.93. The number of unbranched alkanes of at least 4 members (excludes halogenated alkanes) is 8. The smallest absolute Gasteiger partial charge is 0.0245 e. The minimum absolute atomic E-state index is 0.569. The molecule has 6 rings (SSSR count). The average molecular weight is 759 g/mol. The number of aryl methyl sites for hydroxylation is 4. The molecule has 4 aromatic rings. The lowest BCUT2D eigenvalue weighted by molar-refractivity contribution is 0.384. The van der Waals surface area contributed by atoms with Gasteiger partial charge in [-0.3, -0.25) is 0 Å². The maximum Gasteiger partial charge on any atom is 0.0245 e. The molecule has 2 aliphatic rings. The van der Waals surface area contributed by atoms with Crippen molar-refractivity contribution in [1.29, 1.82) is 0 Å². The van der Waals surface area contributed by atoms with Gasteiger partial charge in [-0.2, -0.15) is 0 Å². The van der Waals surface area contributed by atoms with Gasteiger partial charge in [0, 0.05) is 23.0 Å². The SMILES string of the molecule is CCCCCCCc1ccc(C#C[C@H]2CC[C@H](c3ccc(C)cc3)CC2)cc1.CCCCCCCc1ccc(C#C[C@H]2CC[C@H](c3ccc(CC)cc3)CC2)cc1. The first-order chi connectivity index (χ1) is 28.0. The molecule has 0 radical (unpaired) electrons. The maximum absolute atomic E-state index is 3.56. The molecule has 2 saturated carbocycles. The van der Waals surface area contributed by atoms with Gasteiger partial charge in [-0.15, -0.1) is 0 Å². The quantitative estimate of drug-likeness (QED) is 0.0837. The Morgan fingerprint density at radius 1 is 0.404 bits per heavy atom. The predicted molar refractivity (Wildman–Crippen MR) is 248 cm³/mol. The minimum Gasteiger partial charge on any atom is -0.0945 e. The summed E-state index contributed by atoms with van der Waals surface area (Å²) in [6, 6.07) is 36.4. The Hall–Kier alpha value is -4.00. The normalized spacial score (nSPS) is 18.9. The molecular weight excluding hydrogens is 685 g/mol. The van der Waals surface area contributed by atoms with E-state index in [2.05, 4.69) is 148 Å². The second-order valence-electron chi connectivity index (χ2n) is 17.4. The molecule has 0 N–H and O–H groups in total. The highest BCUT2D eigenvalue weighted by molar-refractivity contribution is 5.38. The van der Waals surface area contributed by atoms with Gasteiger partial charge in [0.2, 0.25) is 0 Å². The average Bonchev–Trinajstić information content (AvgIpc) is 3.26. The molecule has 0 unspecified atom stereocenters. The summed E-state index contributed by atoms with van der Waals surface area (Å²) in [5, 5.41) is 0. The van der Waals surface area contributed by atoms with Crippen molar-refractivity contribution in [2.24, 2.45) is 11.8 Å². The van der Waals surface area contributed by atoms with E-state index in [1.807, 2.05) is 0 Å². The maximum atomic E-state index is 3.56. The standard InChI is InChI=1S/C29H38.C28H36/c1-3-5-6-7-8-9-25-10-12-26(13-11-25)14-15-27-18-22-29(23-19-27)28-20-16-24(4-2)17-21-28;1-3-4-5-6-7-8-24-11-13-25(14-12-24)15-16-26-17-21-28(22-18-26)27-19-9-23(2)10-20-27/h10-13,16-17,20-21,27,29H,3-9,18-19,22-23H2,1-2H3;9-14,19-20,26,28H,3-8,17-18,21-22H2,1-2H3/t27-,29-;26-,28-. The van der Waals surface area contributed by atoms with Crippen LogP contribution in [-0.4, -0.2) is 0 Å². The molecule has 0 heteroatoms. The molecule has 2 fully saturated rings. The van der Waals surface area contributed by atoms with Crippen LogP contribution in [0.2, 0.25) is 0 Å². The summed E-state index contributed by atoms with van der Waals surface area (Å²) in [6.07, 6.45) is 27.1. The summed E-state index contributed by atoms with van der Waals surface area (Å²) < 4.78 is 0. The van der Waals surface area contributed by atoms with Crippen molar-refractivity contribution in [3.8, 4) is 23.7 Å². The molecule has 0 aliphatic heterocycles. The van der Waals surface area contributed by atoms with Crippen LogP contribution in [0.15, 0.2) is 97.1 Å². The third kappa shape index (κ3) is 16.0. The Kier molecular flexibility index (Phi) is 19.6. The van der Waals surface area contributed by atoms with Gasteiger partial charge in [0.15, 0.2) is 0 Å². The fourth-order valence-electron chi connectivity index (χ4n) is 8.75. The van der Waals surface area contributed by atoms with Crippen LogP contribution in [0.5, 0.6) is 0 Å². The zero-order valence-electron chi connectivity index (χ0n) is 36.4. The van der Waals surface area contributed by atoms with Crippen LogP contribution in [0.25, 0.3) is 0 Å². The lowest BCUT2D eigenvalue weighted by Crippen LogP contribution is -2.12. The Morgan fingerprint density at radius 2 is 0.772 bits per heavy atom.